The van der Waals surface area contributed by atoms with Gasteiger partial charge in [0.05, 0.1) is 19.0 Å². The summed E-state index contributed by atoms with van der Waals surface area (Å²) >= 11 is 1.12. The minimum atomic E-state index is -0.961. The van der Waals surface area contributed by atoms with Crippen LogP contribution in [0.15, 0.2) is 12.4 Å². The summed E-state index contributed by atoms with van der Waals surface area (Å²) in [4.78, 5) is 15.0. The zero-order valence-electron chi connectivity index (χ0n) is 11.2. The topological polar surface area (TPSA) is 90.1 Å². The molecule has 0 radical (unpaired) electrons. The molecule has 0 aromatic carbocycles. The lowest BCUT2D eigenvalue weighted by Gasteiger charge is -2.05. The van der Waals surface area contributed by atoms with Gasteiger partial charge in [-0.05, 0) is 18.6 Å². The first-order valence-corrected chi connectivity index (χ1v) is 7.37. The minimum Gasteiger partial charge on any atom is -0.477 e. The van der Waals surface area contributed by atoms with Crippen LogP contribution in [0.4, 0.5) is 0 Å². The summed E-state index contributed by atoms with van der Waals surface area (Å²) in [5, 5.41) is 17.6. The SMILES string of the molecule is O=C(O)c1cnc(/C=C/c2cn(CC3CCOC3)nn2)s1. The van der Waals surface area contributed by atoms with Crippen molar-refractivity contribution in [2.45, 2.75) is 13.0 Å². The molecule has 1 aliphatic heterocycles. The molecule has 7 nitrogen and oxygen atoms in total. The van der Waals surface area contributed by atoms with E-state index in [-0.39, 0.29) is 4.88 Å². The van der Waals surface area contributed by atoms with Gasteiger partial charge in [0.15, 0.2) is 0 Å². The fourth-order valence-electron chi connectivity index (χ4n) is 2.09. The largest absolute Gasteiger partial charge is 0.477 e. The van der Waals surface area contributed by atoms with E-state index in [0.29, 0.717) is 10.9 Å². The van der Waals surface area contributed by atoms with Crippen LogP contribution in [0.3, 0.4) is 0 Å². The molecular weight excluding hydrogens is 292 g/mol. The molecule has 0 amide bonds. The molecule has 21 heavy (non-hydrogen) atoms. The molecule has 0 aliphatic carbocycles. The molecule has 1 N–H and O–H groups in total. The monoisotopic (exact) mass is 306 g/mol. The van der Waals surface area contributed by atoms with Crippen molar-refractivity contribution in [3.63, 3.8) is 0 Å². The Hall–Kier alpha value is -2.06. The molecule has 8 heteroatoms. The Bertz CT molecular complexity index is 658. The van der Waals surface area contributed by atoms with E-state index in [0.717, 1.165) is 43.2 Å². The molecule has 3 heterocycles. The van der Waals surface area contributed by atoms with E-state index in [9.17, 15) is 4.79 Å². The third-order valence-electron chi connectivity index (χ3n) is 3.16. The molecule has 1 atom stereocenters. The Kier molecular flexibility index (Phi) is 4.07. The van der Waals surface area contributed by atoms with Crippen LogP contribution in [0.1, 0.15) is 26.8 Å². The predicted octanol–water partition coefficient (Wildman–Crippen LogP) is 1.64. The fourth-order valence-corrected chi connectivity index (χ4v) is 2.75. The van der Waals surface area contributed by atoms with Crippen molar-refractivity contribution in [2.24, 2.45) is 5.92 Å². The van der Waals surface area contributed by atoms with Crippen LogP contribution in [-0.2, 0) is 11.3 Å². The number of carbonyl (C=O) groups is 1. The van der Waals surface area contributed by atoms with Crippen molar-refractivity contribution in [3.05, 3.63) is 28.0 Å². The Labute approximate surface area is 124 Å². The quantitative estimate of drug-likeness (QED) is 0.903. The van der Waals surface area contributed by atoms with Crippen molar-refractivity contribution in [2.75, 3.05) is 13.2 Å². The predicted molar refractivity (Wildman–Crippen MR) is 76.9 cm³/mol. The van der Waals surface area contributed by atoms with E-state index in [1.165, 1.54) is 6.20 Å². The zero-order chi connectivity index (χ0) is 14.7. The van der Waals surface area contributed by atoms with Crippen molar-refractivity contribution in [3.8, 4) is 0 Å². The van der Waals surface area contributed by atoms with Crippen LogP contribution in [0.2, 0.25) is 0 Å². The second kappa shape index (κ2) is 6.15. The van der Waals surface area contributed by atoms with Gasteiger partial charge in [0.25, 0.3) is 0 Å². The van der Waals surface area contributed by atoms with Crippen LogP contribution in [-0.4, -0.2) is 44.3 Å². The van der Waals surface area contributed by atoms with Crippen LogP contribution >= 0.6 is 11.3 Å². The standard InChI is InChI=1S/C13H14N4O3S/c18-13(19)11-5-14-12(21-11)2-1-10-7-17(16-15-10)6-9-3-4-20-8-9/h1-2,5,7,9H,3-4,6,8H2,(H,18,19)/b2-1+. The van der Waals surface area contributed by atoms with E-state index >= 15 is 0 Å². The van der Waals surface area contributed by atoms with E-state index in [1.807, 2.05) is 10.9 Å². The second-order valence-electron chi connectivity index (χ2n) is 4.80. The Morgan fingerprint density at radius 2 is 2.48 bits per heavy atom. The molecule has 2 aromatic rings. The molecule has 0 saturated carbocycles. The number of thiazole rings is 1. The van der Waals surface area contributed by atoms with Gasteiger partial charge in [0.2, 0.25) is 0 Å². The summed E-state index contributed by atoms with van der Waals surface area (Å²) < 4.78 is 7.14. The second-order valence-corrected chi connectivity index (χ2v) is 5.86. The van der Waals surface area contributed by atoms with Crippen molar-refractivity contribution in [1.82, 2.24) is 20.0 Å². The lowest BCUT2D eigenvalue weighted by molar-refractivity contribution is 0.0702. The average molecular weight is 306 g/mol. The summed E-state index contributed by atoms with van der Waals surface area (Å²) in [6.07, 6.45) is 7.79. The maximum Gasteiger partial charge on any atom is 0.347 e. The van der Waals surface area contributed by atoms with Gasteiger partial charge in [-0.3, -0.25) is 4.68 Å². The molecule has 110 valence electrons. The summed E-state index contributed by atoms with van der Waals surface area (Å²) in [6, 6.07) is 0. The average Bonchev–Trinajstić information content (AvgIpc) is 3.18. The number of nitrogens with zero attached hydrogens (tertiary/aromatic N) is 4. The number of aromatic nitrogens is 4. The van der Waals surface area contributed by atoms with Gasteiger partial charge in [0.1, 0.15) is 15.6 Å². The van der Waals surface area contributed by atoms with E-state index in [2.05, 4.69) is 15.3 Å². The zero-order valence-corrected chi connectivity index (χ0v) is 12.0. The Balaban J connectivity index is 1.62. The molecular formula is C13H14N4O3S. The van der Waals surface area contributed by atoms with Gasteiger partial charge in [0, 0.05) is 19.1 Å². The molecule has 3 rings (SSSR count). The number of hydrogen-bond acceptors (Lipinski definition) is 6. The van der Waals surface area contributed by atoms with Gasteiger partial charge >= 0.3 is 5.97 Å². The number of hydrogen-bond donors (Lipinski definition) is 1. The first kappa shape index (κ1) is 13.9. The van der Waals surface area contributed by atoms with Crippen molar-refractivity contribution >= 4 is 29.5 Å². The van der Waals surface area contributed by atoms with E-state index in [1.54, 1.807) is 12.2 Å². The van der Waals surface area contributed by atoms with E-state index < -0.39 is 5.97 Å². The van der Waals surface area contributed by atoms with Gasteiger partial charge in [-0.2, -0.15) is 0 Å². The van der Waals surface area contributed by atoms with Gasteiger partial charge in [-0.1, -0.05) is 5.21 Å². The highest BCUT2D eigenvalue weighted by atomic mass is 32.1. The summed E-state index contributed by atoms with van der Waals surface area (Å²) in [6.45, 7) is 2.41. The normalized spacial score (nSPS) is 18.6. The molecule has 0 bridgehead atoms. The highest BCUT2D eigenvalue weighted by Gasteiger charge is 2.16. The fraction of sp³-hybridized carbons (Fsp3) is 0.385. The summed E-state index contributed by atoms with van der Waals surface area (Å²) in [5.41, 5.74) is 0.723. The summed E-state index contributed by atoms with van der Waals surface area (Å²) in [5.74, 6) is -0.461. The maximum absolute atomic E-state index is 10.8. The third-order valence-corrected chi connectivity index (χ3v) is 4.11. The van der Waals surface area contributed by atoms with E-state index in [4.69, 9.17) is 9.84 Å². The number of ether oxygens (including phenoxy) is 1. The molecule has 2 aromatic heterocycles. The van der Waals surface area contributed by atoms with Crippen LogP contribution in [0.5, 0.6) is 0 Å². The van der Waals surface area contributed by atoms with Crippen LogP contribution in [0.25, 0.3) is 12.2 Å². The highest BCUT2D eigenvalue weighted by Crippen LogP contribution is 2.16. The lowest BCUT2D eigenvalue weighted by Crippen LogP contribution is -2.10. The summed E-state index contributed by atoms with van der Waals surface area (Å²) in [7, 11) is 0. The molecule has 0 spiro atoms. The third kappa shape index (κ3) is 3.53. The molecule has 1 unspecified atom stereocenters. The highest BCUT2D eigenvalue weighted by molar-refractivity contribution is 7.14. The Morgan fingerprint density at radius 1 is 1.57 bits per heavy atom. The molecule has 1 fully saturated rings. The number of aromatic carboxylic acids is 1. The van der Waals surface area contributed by atoms with Gasteiger partial charge in [-0.15, -0.1) is 16.4 Å². The minimum absolute atomic E-state index is 0.222. The molecule has 1 aliphatic rings. The van der Waals surface area contributed by atoms with Gasteiger partial charge < -0.3 is 9.84 Å². The van der Waals surface area contributed by atoms with Crippen molar-refractivity contribution in [1.29, 1.82) is 0 Å². The van der Waals surface area contributed by atoms with Gasteiger partial charge in [-0.25, -0.2) is 9.78 Å². The first-order valence-electron chi connectivity index (χ1n) is 6.56. The number of rotatable bonds is 5. The number of carboxylic acids is 1. The first-order chi connectivity index (χ1) is 10.2. The van der Waals surface area contributed by atoms with Crippen LogP contribution < -0.4 is 0 Å². The smallest absolute Gasteiger partial charge is 0.347 e. The molecule has 1 saturated heterocycles. The van der Waals surface area contributed by atoms with Crippen LogP contribution in [0, 0.1) is 5.92 Å². The lowest BCUT2D eigenvalue weighted by atomic mass is 10.1. The Morgan fingerprint density at radius 3 is 3.19 bits per heavy atom. The maximum atomic E-state index is 10.8. The number of carboxylic acid groups (broad SMARTS) is 1. The van der Waals surface area contributed by atoms with Crippen molar-refractivity contribution < 1.29 is 14.6 Å².